The maximum absolute atomic E-state index is 11.8. The van der Waals surface area contributed by atoms with Crippen LogP contribution in [0.2, 0.25) is 0 Å². The Kier molecular flexibility index (Phi) is 5.29. The van der Waals surface area contributed by atoms with Crippen LogP contribution in [-0.2, 0) is 16.1 Å². The number of hydrogen-bond acceptors (Lipinski definition) is 4. The number of rotatable bonds is 7. The molecule has 1 aromatic carbocycles. The van der Waals surface area contributed by atoms with Gasteiger partial charge in [0.1, 0.15) is 0 Å². The van der Waals surface area contributed by atoms with Gasteiger partial charge in [0.15, 0.2) is 0 Å². The number of benzene rings is 1. The highest BCUT2D eigenvalue weighted by atomic mass is 32.2. The highest BCUT2D eigenvalue weighted by molar-refractivity contribution is 7.99. The maximum atomic E-state index is 11.8. The monoisotopic (exact) mass is 294 g/mol. The van der Waals surface area contributed by atoms with E-state index in [0.717, 1.165) is 23.2 Å². The summed E-state index contributed by atoms with van der Waals surface area (Å²) in [7, 11) is 0. The van der Waals surface area contributed by atoms with Gasteiger partial charge >= 0.3 is 11.7 Å². The molecule has 0 amide bonds. The molecule has 0 fully saturated rings. The van der Waals surface area contributed by atoms with Gasteiger partial charge in [0, 0.05) is 6.54 Å². The Morgan fingerprint density at radius 2 is 2.20 bits per heavy atom. The van der Waals surface area contributed by atoms with Crippen molar-refractivity contribution in [2.24, 2.45) is 0 Å². The minimum atomic E-state index is -0.179. The number of esters is 1. The van der Waals surface area contributed by atoms with Crippen LogP contribution in [0.15, 0.2) is 29.1 Å². The van der Waals surface area contributed by atoms with Crippen molar-refractivity contribution < 1.29 is 9.53 Å². The summed E-state index contributed by atoms with van der Waals surface area (Å²) in [5, 5.41) is 0. The molecule has 0 spiro atoms. The van der Waals surface area contributed by atoms with Gasteiger partial charge in [-0.25, -0.2) is 4.79 Å². The number of imidazole rings is 1. The highest BCUT2D eigenvalue weighted by Gasteiger charge is 2.06. The van der Waals surface area contributed by atoms with E-state index >= 15 is 0 Å². The van der Waals surface area contributed by atoms with Gasteiger partial charge in [-0.05, 0) is 31.2 Å². The Morgan fingerprint density at radius 1 is 1.40 bits per heavy atom. The normalized spacial score (nSPS) is 10.8. The number of hydrogen-bond donors (Lipinski definition) is 1. The van der Waals surface area contributed by atoms with Crippen molar-refractivity contribution in [3.05, 3.63) is 34.7 Å². The summed E-state index contributed by atoms with van der Waals surface area (Å²) in [4.78, 5) is 25.8. The lowest BCUT2D eigenvalue weighted by atomic mass is 10.3. The van der Waals surface area contributed by atoms with Crippen LogP contribution in [0.1, 0.15) is 13.3 Å². The Hall–Kier alpha value is -1.69. The summed E-state index contributed by atoms with van der Waals surface area (Å²) in [5.74, 6) is 1.02. The third-order valence-electron chi connectivity index (χ3n) is 2.88. The molecule has 2 rings (SSSR count). The van der Waals surface area contributed by atoms with Crippen LogP contribution in [0, 0.1) is 0 Å². The average molecular weight is 294 g/mol. The molecule has 5 nitrogen and oxygen atoms in total. The zero-order valence-corrected chi connectivity index (χ0v) is 12.2. The van der Waals surface area contributed by atoms with E-state index in [2.05, 4.69) is 4.98 Å². The van der Waals surface area contributed by atoms with Crippen molar-refractivity contribution >= 4 is 28.8 Å². The Morgan fingerprint density at radius 3 is 3.00 bits per heavy atom. The summed E-state index contributed by atoms with van der Waals surface area (Å²) >= 11 is 1.53. The molecule has 2 aromatic rings. The first kappa shape index (κ1) is 14.7. The number of carbonyl (C=O) groups is 1. The summed E-state index contributed by atoms with van der Waals surface area (Å²) in [6, 6.07) is 7.64. The number of aryl methyl sites for hydroxylation is 1. The van der Waals surface area contributed by atoms with E-state index < -0.39 is 0 Å². The SMILES string of the molecule is CCOC(=O)CSCCCn1c(=O)[nH]c2ccccc21. The molecule has 0 atom stereocenters. The third-order valence-corrected chi connectivity index (χ3v) is 3.89. The summed E-state index contributed by atoms with van der Waals surface area (Å²) in [6.07, 6.45) is 0.839. The molecule has 1 aromatic heterocycles. The van der Waals surface area contributed by atoms with Gasteiger partial charge in [-0.15, -0.1) is 0 Å². The van der Waals surface area contributed by atoms with Crippen LogP contribution >= 0.6 is 11.8 Å². The number of H-pyrrole nitrogens is 1. The standard InChI is InChI=1S/C14H18N2O3S/c1-2-19-13(17)10-20-9-5-8-16-12-7-4-3-6-11(12)15-14(16)18/h3-4,6-7H,2,5,8-10H2,1H3,(H,15,18). The van der Waals surface area contributed by atoms with E-state index in [0.29, 0.717) is 18.9 Å². The number of aromatic amines is 1. The lowest BCUT2D eigenvalue weighted by Gasteiger charge is -2.04. The second-order valence-electron chi connectivity index (χ2n) is 4.31. The molecule has 0 bridgehead atoms. The molecule has 0 aliphatic rings. The van der Waals surface area contributed by atoms with Crippen LogP contribution in [0.25, 0.3) is 11.0 Å². The molecule has 1 N–H and O–H groups in total. The Labute approximate surface area is 121 Å². The molecule has 0 saturated heterocycles. The lowest BCUT2D eigenvalue weighted by Crippen LogP contribution is -2.17. The van der Waals surface area contributed by atoms with E-state index in [1.54, 1.807) is 11.5 Å². The van der Waals surface area contributed by atoms with Crippen molar-refractivity contribution in [3.8, 4) is 0 Å². The van der Waals surface area contributed by atoms with Crippen molar-refractivity contribution in [3.63, 3.8) is 0 Å². The van der Waals surface area contributed by atoms with E-state index in [1.807, 2.05) is 24.3 Å². The molecule has 0 aliphatic carbocycles. The fourth-order valence-corrected chi connectivity index (χ4v) is 2.74. The molecule has 6 heteroatoms. The van der Waals surface area contributed by atoms with E-state index in [-0.39, 0.29) is 11.7 Å². The number of fused-ring (bicyclic) bond motifs is 1. The van der Waals surface area contributed by atoms with Gasteiger partial charge in [-0.1, -0.05) is 12.1 Å². The molecule has 0 unspecified atom stereocenters. The lowest BCUT2D eigenvalue weighted by molar-refractivity contribution is -0.139. The number of nitrogens with zero attached hydrogens (tertiary/aromatic N) is 1. The summed E-state index contributed by atoms with van der Waals surface area (Å²) < 4.78 is 6.59. The fraction of sp³-hybridized carbons (Fsp3) is 0.429. The maximum Gasteiger partial charge on any atom is 0.326 e. The van der Waals surface area contributed by atoms with E-state index in [1.165, 1.54) is 11.8 Å². The molecule has 108 valence electrons. The van der Waals surface area contributed by atoms with Crippen LogP contribution in [-0.4, -0.2) is 33.6 Å². The molecule has 20 heavy (non-hydrogen) atoms. The van der Waals surface area contributed by atoms with E-state index in [9.17, 15) is 9.59 Å². The Bertz CT molecular complexity index is 633. The Balaban J connectivity index is 1.83. The van der Waals surface area contributed by atoms with Crippen molar-refractivity contribution in [2.75, 3.05) is 18.1 Å². The predicted octanol–water partition coefficient (Wildman–Crippen LogP) is 2.02. The van der Waals surface area contributed by atoms with Crippen molar-refractivity contribution in [1.82, 2.24) is 9.55 Å². The van der Waals surface area contributed by atoms with Gasteiger partial charge in [0.05, 0.1) is 23.4 Å². The van der Waals surface area contributed by atoms with Crippen LogP contribution < -0.4 is 5.69 Å². The van der Waals surface area contributed by atoms with Crippen molar-refractivity contribution in [2.45, 2.75) is 19.9 Å². The molecule has 0 saturated carbocycles. The minimum absolute atomic E-state index is 0.0819. The highest BCUT2D eigenvalue weighted by Crippen LogP contribution is 2.10. The van der Waals surface area contributed by atoms with Gasteiger partial charge < -0.3 is 9.72 Å². The summed E-state index contributed by atoms with van der Waals surface area (Å²) in [6.45, 7) is 2.87. The smallest absolute Gasteiger partial charge is 0.326 e. The van der Waals surface area contributed by atoms with Gasteiger partial charge in [0.2, 0.25) is 0 Å². The van der Waals surface area contributed by atoms with Crippen molar-refractivity contribution in [1.29, 1.82) is 0 Å². The second-order valence-corrected chi connectivity index (χ2v) is 5.42. The van der Waals surface area contributed by atoms with E-state index in [4.69, 9.17) is 4.74 Å². The molecule has 0 radical (unpaired) electrons. The molecular formula is C14H18N2O3S. The second kappa shape index (κ2) is 7.19. The van der Waals surface area contributed by atoms with Gasteiger partial charge in [0.25, 0.3) is 0 Å². The number of aromatic nitrogens is 2. The number of thioether (sulfide) groups is 1. The van der Waals surface area contributed by atoms with Gasteiger partial charge in [-0.2, -0.15) is 11.8 Å². The number of carbonyl (C=O) groups excluding carboxylic acids is 1. The fourth-order valence-electron chi connectivity index (χ4n) is 2.01. The quantitative estimate of drug-likeness (QED) is 0.627. The first-order valence-corrected chi connectivity index (χ1v) is 7.78. The van der Waals surface area contributed by atoms with Gasteiger partial charge in [-0.3, -0.25) is 9.36 Å². The number of para-hydroxylation sites is 2. The zero-order valence-electron chi connectivity index (χ0n) is 11.4. The third kappa shape index (κ3) is 3.66. The largest absolute Gasteiger partial charge is 0.465 e. The predicted molar refractivity (Wildman–Crippen MR) is 81.1 cm³/mol. The number of nitrogens with one attached hydrogen (secondary N) is 1. The van der Waals surface area contributed by atoms with Crippen LogP contribution in [0.5, 0.6) is 0 Å². The molecular weight excluding hydrogens is 276 g/mol. The topological polar surface area (TPSA) is 64.1 Å². The summed E-state index contributed by atoms with van der Waals surface area (Å²) in [5.41, 5.74) is 1.70. The molecule has 1 heterocycles. The zero-order chi connectivity index (χ0) is 14.4. The van der Waals surface area contributed by atoms with Crippen LogP contribution in [0.3, 0.4) is 0 Å². The first-order valence-electron chi connectivity index (χ1n) is 6.63. The first-order chi connectivity index (χ1) is 9.72. The molecule has 0 aliphatic heterocycles. The van der Waals surface area contributed by atoms with Crippen LogP contribution in [0.4, 0.5) is 0 Å². The minimum Gasteiger partial charge on any atom is -0.465 e. The average Bonchev–Trinajstić information content (AvgIpc) is 2.75. The number of ether oxygens (including phenoxy) is 1.